The van der Waals surface area contributed by atoms with E-state index in [9.17, 15) is 0 Å². The van der Waals surface area contributed by atoms with Gasteiger partial charge in [0, 0.05) is 57.4 Å². The second-order valence-electron chi connectivity index (χ2n) is 16.0. The van der Waals surface area contributed by atoms with E-state index in [4.69, 9.17) is 4.98 Å². The molecule has 66 heavy (non-hydrogen) atoms. The number of benzene rings is 5. The second-order valence-corrected chi connectivity index (χ2v) is 16.0. The lowest BCUT2D eigenvalue weighted by Crippen LogP contribution is -1.91. The van der Waals surface area contributed by atoms with E-state index in [-0.39, 0.29) is 0 Å². The Morgan fingerprint density at radius 1 is 0.333 bits per heavy atom. The molecule has 0 aliphatic carbocycles. The number of pyridine rings is 5. The smallest absolute Gasteiger partial charge is 0.137 e. The van der Waals surface area contributed by atoms with Crippen molar-refractivity contribution in [2.45, 2.75) is 27.7 Å². The van der Waals surface area contributed by atoms with Gasteiger partial charge in [0.15, 0.2) is 0 Å². The van der Waals surface area contributed by atoms with Crippen LogP contribution in [0.25, 0.3) is 78.3 Å². The molecular formula is C59H49N7. The minimum absolute atomic E-state index is 0.906. The van der Waals surface area contributed by atoms with Crippen LogP contribution < -0.4 is 0 Å². The standard InChI is InChI=1S/C17H14N2.2C14H12N2.C14H11N/c1-13-11-16(14-7-3-2-4-8-14)19-17(12-13)15-9-5-6-10-18-15;2*1-11-6-5-9-14-15-13(10-16(11)14)12-7-3-2-4-8-12;1-10-11-6-2-4-8-13(11)15-14-9-5-3-7-12(10)14/h2-12H,1H3;2*2-10H,1H3;2-9H,1H3. The van der Waals surface area contributed by atoms with E-state index >= 15 is 0 Å². The van der Waals surface area contributed by atoms with Crippen molar-refractivity contribution in [3.05, 3.63) is 247 Å². The molecule has 0 spiro atoms. The molecule has 12 aromatic rings. The van der Waals surface area contributed by atoms with Crippen LogP contribution in [0.3, 0.4) is 0 Å². The Morgan fingerprint density at radius 2 is 0.773 bits per heavy atom. The average molecular weight is 856 g/mol. The molecule has 0 bridgehead atoms. The highest BCUT2D eigenvalue weighted by atomic mass is 15.0. The predicted octanol–water partition coefficient (Wildman–Crippen LogP) is 14.4. The van der Waals surface area contributed by atoms with Gasteiger partial charge in [0.25, 0.3) is 0 Å². The zero-order valence-corrected chi connectivity index (χ0v) is 37.5. The molecule has 7 heteroatoms. The number of para-hydroxylation sites is 2. The van der Waals surface area contributed by atoms with Crippen LogP contribution in [0.1, 0.15) is 22.5 Å². The Kier molecular flexibility index (Phi) is 12.9. The number of nitrogens with zero attached hydrogens (tertiary/aromatic N) is 7. The Balaban J connectivity index is 0.000000111. The largest absolute Gasteiger partial charge is 0.304 e. The van der Waals surface area contributed by atoms with Gasteiger partial charge in [-0.2, -0.15) is 0 Å². The van der Waals surface area contributed by atoms with Gasteiger partial charge in [0.05, 0.1) is 39.5 Å². The summed E-state index contributed by atoms with van der Waals surface area (Å²) in [6.07, 6.45) is 5.96. The monoisotopic (exact) mass is 855 g/mol. The molecule has 0 unspecified atom stereocenters. The Hall–Kier alpha value is -8.55. The maximum Gasteiger partial charge on any atom is 0.137 e. The summed E-state index contributed by atoms with van der Waals surface area (Å²) in [6.45, 7) is 8.42. The van der Waals surface area contributed by atoms with E-state index in [1.807, 2.05) is 109 Å². The minimum atomic E-state index is 0.906. The van der Waals surface area contributed by atoms with Gasteiger partial charge in [-0.25, -0.2) is 19.9 Å². The molecule has 12 rings (SSSR count). The third kappa shape index (κ3) is 9.81. The number of aryl methyl sites for hydroxylation is 4. The minimum Gasteiger partial charge on any atom is -0.304 e. The maximum absolute atomic E-state index is 4.71. The number of fused-ring (bicyclic) bond motifs is 4. The molecule has 0 fully saturated rings. The number of hydrogen-bond donors (Lipinski definition) is 0. The van der Waals surface area contributed by atoms with Crippen LogP contribution in [0.2, 0.25) is 0 Å². The third-order valence-corrected chi connectivity index (χ3v) is 11.4. The van der Waals surface area contributed by atoms with Crippen LogP contribution in [-0.2, 0) is 0 Å². The topological polar surface area (TPSA) is 73.3 Å². The van der Waals surface area contributed by atoms with Crippen molar-refractivity contribution < 1.29 is 0 Å². The predicted molar refractivity (Wildman–Crippen MR) is 272 cm³/mol. The summed E-state index contributed by atoms with van der Waals surface area (Å²) in [5.41, 5.74) is 17.4. The Labute approximate surface area is 385 Å². The summed E-state index contributed by atoms with van der Waals surface area (Å²) >= 11 is 0. The highest BCUT2D eigenvalue weighted by molar-refractivity contribution is 5.97. The first kappa shape index (κ1) is 42.7. The van der Waals surface area contributed by atoms with Crippen molar-refractivity contribution in [2.75, 3.05) is 0 Å². The van der Waals surface area contributed by atoms with Gasteiger partial charge >= 0.3 is 0 Å². The number of hydrogen-bond acceptors (Lipinski definition) is 5. The van der Waals surface area contributed by atoms with Crippen LogP contribution in [0.4, 0.5) is 0 Å². The fraction of sp³-hybridized carbons (Fsp3) is 0.0678. The van der Waals surface area contributed by atoms with Gasteiger partial charge in [0.2, 0.25) is 0 Å². The molecule has 0 saturated heterocycles. The van der Waals surface area contributed by atoms with Crippen molar-refractivity contribution >= 4 is 33.1 Å². The van der Waals surface area contributed by atoms with Crippen molar-refractivity contribution in [2.24, 2.45) is 0 Å². The normalized spacial score (nSPS) is 10.7. The summed E-state index contributed by atoms with van der Waals surface area (Å²) in [7, 11) is 0. The SMILES string of the molecule is Cc1c2ccccc2nc2ccccc12.Cc1cc(-c2ccccc2)nc(-c2ccccn2)c1.Cc1cccc2nc(-c3ccccc3)cn12.Cc1cccc2nc(-c3ccccc3)cn12. The lowest BCUT2D eigenvalue weighted by molar-refractivity contribution is 1.09. The molecule has 0 atom stereocenters. The Morgan fingerprint density at radius 3 is 1.24 bits per heavy atom. The first-order chi connectivity index (χ1) is 32.4. The molecule has 7 aromatic heterocycles. The van der Waals surface area contributed by atoms with Crippen LogP contribution in [0.15, 0.2) is 225 Å². The van der Waals surface area contributed by atoms with E-state index in [1.165, 1.54) is 33.3 Å². The molecule has 0 amide bonds. The van der Waals surface area contributed by atoms with E-state index in [1.54, 1.807) is 6.20 Å². The quantitative estimate of drug-likeness (QED) is 0.165. The van der Waals surface area contributed by atoms with Gasteiger partial charge in [-0.3, -0.25) is 4.98 Å². The van der Waals surface area contributed by atoms with Crippen LogP contribution >= 0.6 is 0 Å². The molecule has 0 aliphatic rings. The van der Waals surface area contributed by atoms with Gasteiger partial charge in [-0.05, 0) is 99.5 Å². The lowest BCUT2D eigenvalue weighted by atomic mass is 10.0. The number of imidazole rings is 2. The molecule has 7 nitrogen and oxygen atoms in total. The van der Waals surface area contributed by atoms with Gasteiger partial charge in [-0.15, -0.1) is 0 Å². The molecular weight excluding hydrogens is 807 g/mol. The summed E-state index contributed by atoms with van der Waals surface area (Å²) in [4.78, 5) is 22.9. The van der Waals surface area contributed by atoms with Crippen LogP contribution in [0.5, 0.6) is 0 Å². The zero-order valence-electron chi connectivity index (χ0n) is 37.5. The lowest BCUT2D eigenvalue weighted by Gasteiger charge is -2.06. The molecule has 320 valence electrons. The average Bonchev–Trinajstić information content (AvgIpc) is 4.03. The molecule has 7 heterocycles. The van der Waals surface area contributed by atoms with Gasteiger partial charge in [0.1, 0.15) is 11.3 Å². The first-order valence-electron chi connectivity index (χ1n) is 22.1. The van der Waals surface area contributed by atoms with E-state index in [0.29, 0.717) is 0 Å². The molecule has 0 N–H and O–H groups in total. The van der Waals surface area contributed by atoms with Gasteiger partial charge < -0.3 is 8.80 Å². The van der Waals surface area contributed by atoms with E-state index in [2.05, 4.69) is 166 Å². The summed E-state index contributed by atoms with van der Waals surface area (Å²) in [5.74, 6) is 0. The van der Waals surface area contributed by atoms with Crippen LogP contribution in [0, 0.1) is 27.7 Å². The summed E-state index contributed by atoms with van der Waals surface area (Å²) in [5, 5.41) is 2.49. The van der Waals surface area contributed by atoms with Crippen molar-refractivity contribution in [3.8, 4) is 45.2 Å². The van der Waals surface area contributed by atoms with E-state index in [0.717, 1.165) is 67.5 Å². The fourth-order valence-electron chi connectivity index (χ4n) is 7.91. The van der Waals surface area contributed by atoms with Crippen LogP contribution in [-0.4, -0.2) is 33.7 Å². The summed E-state index contributed by atoms with van der Waals surface area (Å²) < 4.78 is 4.23. The van der Waals surface area contributed by atoms with E-state index < -0.39 is 0 Å². The maximum atomic E-state index is 4.71. The number of rotatable bonds is 4. The fourth-order valence-corrected chi connectivity index (χ4v) is 7.91. The highest BCUT2D eigenvalue weighted by Gasteiger charge is 2.08. The summed E-state index contributed by atoms with van der Waals surface area (Å²) in [6, 6.07) is 69.6. The molecule has 0 radical (unpaired) electrons. The van der Waals surface area contributed by atoms with Gasteiger partial charge in [-0.1, -0.05) is 146 Å². The Bertz CT molecular complexity index is 3280. The van der Waals surface area contributed by atoms with Crippen molar-refractivity contribution in [1.29, 1.82) is 0 Å². The zero-order chi connectivity index (χ0) is 45.2. The number of aromatic nitrogens is 7. The van der Waals surface area contributed by atoms with Crippen molar-refractivity contribution in [3.63, 3.8) is 0 Å². The first-order valence-corrected chi connectivity index (χ1v) is 22.1. The molecule has 0 aliphatic heterocycles. The molecule has 0 saturated carbocycles. The van der Waals surface area contributed by atoms with Crippen molar-refractivity contribution in [1.82, 2.24) is 33.7 Å². The third-order valence-electron chi connectivity index (χ3n) is 11.4. The highest BCUT2D eigenvalue weighted by Crippen LogP contribution is 2.26. The molecule has 5 aromatic carbocycles. The second kappa shape index (κ2) is 19.9.